The van der Waals surface area contributed by atoms with Gasteiger partial charge in [0.2, 0.25) is 5.95 Å². The SMILES string of the molecule is CC=CCn1c(NC)nc(=O)c2ccccc21. The van der Waals surface area contributed by atoms with Crippen LogP contribution in [0.2, 0.25) is 0 Å². The molecule has 0 aliphatic carbocycles. The van der Waals surface area contributed by atoms with Gasteiger partial charge in [0.1, 0.15) is 0 Å². The second-order valence-corrected chi connectivity index (χ2v) is 3.69. The summed E-state index contributed by atoms with van der Waals surface area (Å²) >= 11 is 0. The van der Waals surface area contributed by atoms with Crippen molar-refractivity contribution < 1.29 is 0 Å². The fraction of sp³-hybridized carbons (Fsp3) is 0.231. The second kappa shape index (κ2) is 4.82. The van der Waals surface area contributed by atoms with E-state index in [0.717, 1.165) is 5.52 Å². The minimum Gasteiger partial charge on any atom is -0.359 e. The minimum atomic E-state index is -0.193. The number of benzene rings is 1. The van der Waals surface area contributed by atoms with Gasteiger partial charge in [-0.3, -0.25) is 4.79 Å². The molecule has 1 aromatic heterocycles. The van der Waals surface area contributed by atoms with Crippen molar-refractivity contribution in [3.8, 4) is 0 Å². The van der Waals surface area contributed by atoms with Gasteiger partial charge in [0, 0.05) is 13.6 Å². The standard InChI is InChI=1S/C13H15N3O/c1-3-4-9-16-11-8-6-5-7-10(11)12(17)15-13(16)14-2/h3-8H,9H2,1-2H3,(H,14,15,17). The number of fused-ring (bicyclic) bond motifs is 1. The summed E-state index contributed by atoms with van der Waals surface area (Å²) in [5.41, 5.74) is 0.705. The topological polar surface area (TPSA) is 46.9 Å². The largest absolute Gasteiger partial charge is 0.359 e. The lowest BCUT2D eigenvalue weighted by molar-refractivity contribution is 0.828. The predicted octanol–water partition coefficient (Wildman–Crippen LogP) is 2.01. The van der Waals surface area contributed by atoms with Crippen molar-refractivity contribution >= 4 is 16.9 Å². The summed E-state index contributed by atoms with van der Waals surface area (Å²) in [7, 11) is 1.77. The van der Waals surface area contributed by atoms with Gasteiger partial charge in [0.15, 0.2) is 0 Å². The van der Waals surface area contributed by atoms with E-state index in [1.54, 1.807) is 13.1 Å². The molecular weight excluding hydrogens is 214 g/mol. The molecule has 0 amide bonds. The molecule has 0 atom stereocenters. The Bertz CT molecular complexity index is 614. The summed E-state index contributed by atoms with van der Waals surface area (Å²) in [5.74, 6) is 0.590. The van der Waals surface area contributed by atoms with Crippen LogP contribution in [0.3, 0.4) is 0 Å². The number of para-hydroxylation sites is 1. The number of hydrogen-bond donors (Lipinski definition) is 1. The molecule has 2 aromatic rings. The molecule has 1 heterocycles. The molecule has 2 rings (SSSR count). The molecule has 1 aromatic carbocycles. The van der Waals surface area contributed by atoms with E-state index in [4.69, 9.17) is 0 Å². The first-order chi connectivity index (χ1) is 8.27. The highest BCUT2D eigenvalue weighted by atomic mass is 16.1. The van der Waals surface area contributed by atoms with E-state index in [9.17, 15) is 4.79 Å². The van der Waals surface area contributed by atoms with Crippen LogP contribution < -0.4 is 10.9 Å². The Labute approximate surface area is 99.6 Å². The van der Waals surface area contributed by atoms with Gasteiger partial charge in [-0.1, -0.05) is 24.3 Å². The van der Waals surface area contributed by atoms with E-state index in [1.165, 1.54) is 0 Å². The number of aromatic nitrogens is 2. The van der Waals surface area contributed by atoms with Crippen molar-refractivity contribution in [3.05, 3.63) is 46.8 Å². The number of allylic oxidation sites excluding steroid dienone is 2. The molecule has 0 fully saturated rings. The summed E-state index contributed by atoms with van der Waals surface area (Å²) in [5, 5.41) is 3.60. The average Bonchev–Trinajstić information content (AvgIpc) is 2.37. The van der Waals surface area contributed by atoms with Crippen molar-refractivity contribution in [2.24, 2.45) is 0 Å². The van der Waals surface area contributed by atoms with Gasteiger partial charge in [-0.15, -0.1) is 0 Å². The highest BCUT2D eigenvalue weighted by Crippen LogP contribution is 2.13. The van der Waals surface area contributed by atoms with Crippen LogP contribution in [-0.2, 0) is 6.54 Å². The van der Waals surface area contributed by atoms with Crippen LogP contribution in [0.5, 0.6) is 0 Å². The molecule has 0 spiro atoms. The van der Waals surface area contributed by atoms with E-state index in [0.29, 0.717) is 17.9 Å². The summed E-state index contributed by atoms with van der Waals surface area (Å²) in [6, 6.07) is 7.51. The zero-order valence-electron chi connectivity index (χ0n) is 9.97. The molecule has 0 bridgehead atoms. The normalized spacial score (nSPS) is 11.2. The zero-order valence-corrected chi connectivity index (χ0v) is 9.97. The Balaban J connectivity index is 2.76. The fourth-order valence-electron chi connectivity index (χ4n) is 1.81. The van der Waals surface area contributed by atoms with E-state index in [1.807, 2.05) is 41.8 Å². The van der Waals surface area contributed by atoms with E-state index in [2.05, 4.69) is 10.3 Å². The van der Waals surface area contributed by atoms with Crippen LogP contribution in [0.15, 0.2) is 41.2 Å². The molecule has 4 nitrogen and oxygen atoms in total. The van der Waals surface area contributed by atoms with Gasteiger partial charge in [0.25, 0.3) is 5.56 Å². The van der Waals surface area contributed by atoms with Crippen LogP contribution in [0.4, 0.5) is 5.95 Å². The number of hydrogen-bond acceptors (Lipinski definition) is 3. The third-order valence-electron chi connectivity index (χ3n) is 2.64. The first-order valence-corrected chi connectivity index (χ1v) is 5.56. The number of nitrogens with one attached hydrogen (secondary N) is 1. The predicted molar refractivity (Wildman–Crippen MR) is 70.4 cm³/mol. The highest BCUT2D eigenvalue weighted by molar-refractivity contribution is 5.79. The maximum absolute atomic E-state index is 11.8. The van der Waals surface area contributed by atoms with Crippen LogP contribution in [0, 0.1) is 0 Å². The lowest BCUT2D eigenvalue weighted by Gasteiger charge is -2.13. The minimum absolute atomic E-state index is 0.193. The maximum Gasteiger partial charge on any atom is 0.282 e. The maximum atomic E-state index is 11.8. The number of nitrogens with zero attached hydrogens (tertiary/aromatic N) is 2. The molecule has 0 unspecified atom stereocenters. The third-order valence-corrected chi connectivity index (χ3v) is 2.64. The van der Waals surface area contributed by atoms with Crippen molar-refractivity contribution in [1.82, 2.24) is 9.55 Å². The average molecular weight is 229 g/mol. The van der Waals surface area contributed by atoms with Gasteiger partial charge >= 0.3 is 0 Å². The van der Waals surface area contributed by atoms with Crippen LogP contribution in [0.25, 0.3) is 10.9 Å². The fourth-order valence-corrected chi connectivity index (χ4v) is 1.81. The molecule has 1 N–H and O–H groups in total. The summed E-state index contributed by atoms with van der Waals surface area (Å²) in [4.78, 5) is 15.8. The molecule has 0 radical (unpaired) electrons. The van der Waals surface area contributed by atoms with Crippen molar-refractivity contribution in [1.29, 1.82) is 0 Å². The first-order valence-electron chi connectivity index (χ1n) is 5.56. The second-order valence-electron chi connectivity index (χ2n) is 3.69. The molecule has 4 heteroatoms. The molecule has 0 aliphatic rings. The summed E-state index contributed by atoms with van der Waals surface area (Å²) < 4.78 is 1.98. The van der Waals surface area contributed by atoms with Crippen molar-refractivity contribution in [2.75, 3.05) is 12.4 Å². The Kier molecular flexibility index (Phi) is 3.23. The van der Waals surface area contributed by atoms with E-state index < -0.39 is 0 Å². The monoisotopic (exact) mass is 229 g/mol. The smallest absolute Gasteiger partial charge is 0.282 e. The Morgan fingerprint density at radius 1 is 1.41 bits per heavy atom. The molecular formula is C13H15N3O. The Morgan fingerprint density at radius 3 is 2.88 bits per heavy atom. The van der Waals surface area contributed by atoms with Crippen LogP contribution in [-0.4, -0.2) is 16.6 Å². The molecule has 0 aliphatic heterocycles. The van der Waals surface area contributed by atoms with Crippen LogP contribution >= 0.6 is 0 Å². The van der Waals surface area contributed by atoms with Crippen molar-refractivity contribution in [2.45, 2.75) is 13.5 Å². The van der Waals surface area contributed by atoms with E-state index in [-0.39, 0.29) is 5.56 Å². The Morgan fingerprint density at radius 2 is 2.18 bits per heavy atom. The highest BCUT2D eigenvalue weighted by Gasteiger charge is 2.07. The quantitative estimate of drug-likeness (QED) is 0.819. The first kappa shape index (κ1) is 11.4. The van der Waals surface area contributed by atoms with Gasteiger partial charge in [0.05, 0.1) is 10.9 Å². The number of anilines is 1. The van der Waals surface area contributed by atoms with Crippen molar-refractivity contribution in [3.63, 3.8) is 0 Å². The van der Waals surface area contributed by atoms with E-state index >= 15 is 0 Å². The molecule has 0 saturated heterocycles. The van der Waals surface area contributed by atoms with Gasteiger partial charge in [-0.05, 0) is 19.1 Å². The van der Waals surface area contributed by atoms with Gasteiger partial charge in [-0.2, -0.15) is 4.98 Å². The van der Waals surface area contributed by atoms with Crippen LogP contribution in [0.1, 0.15) is 6.92 Å². The van der Waals surface area contributed by atoms with Gasteiger partial charge < -0.3 is 9.88 Å². The lowest BCUT2D eigenvalue weighted by atomic mass is 10.2. The third kappa shape index (κ3) is 2.06. The molecule has 88 valence electrons. The number of rotatable bonds is 3. The lowest BCUT2D eigenvalue weighted by Crippen LogP contribution is -2.17. The molecule has 17 heavy (non-hydrogen) atoms. The Hall–Kier alpha value is -2.10. The summed E-state index contributed by atoms with van der Waals surface area (Å²) in [6.45, 7) is 2.66. The zero-order chi connectivity index (χ0) is 12.3. The van der Waals surface area contributed by atoms with Gasteiger partial charge in [-0.25, -0.2) is 0 Å². The summed E-state index contributed by atoms with van der Waals surface area (Å²) in [6.07, 6.45) is 4.01. The molecule has 0 saturated carbocycles.